The highest BCUT2D eigenvalue weighted by atomic mass is 16.4. The molecule has 4 nitrogen and oxygen atoms in total. The summed E-state index contributed by atoms with van der Waals surface area (Å²) in [4.78, 5) is 11.4. The van der Waals surface area contributed by atoms with Crippen molar-refractivity contribution >= 4 is 17.6 Å². The van der Waals surface area contributed by atoms with E-state index in [1.165, 1.54) is 0 Å². The third-order valence-electron chi connectivity index (χ3n) is 3.17. The molecule has 0 aliphatic heterocycles. The second-order valence-electron chi connectivity index (χ2n) is 4.44. The lowest BCUT2D eigenvalue weighted by molar-refractivity contribution is -0.130. The van der Waals surface area contributed by atoms with Gasteiger partial charge in [-0.15, -0.1) is 0 Å². The second-order valence-corrected chi connectivity index (χ2v) is 4.44. The zero-order valence-electron chi connectivity index (χ0n) is 11.2. The average Bonchev–Trinajstić information content (AvgIpc) is 2.62. The molecule has 0 atom stereocenters. The van der Waals surface area contributed by atoms with E-state index in [-0.39, 0.29) is 5.57 Å². The van der Waals surface area contributed by atoms with E-state index in [4.69, 9.17) is 0 Å². The van der Waals surface area contributed by atoms with Crippen molar-refractivity contribution in [3.63, 3.8) is 0 Å². The van der Waals surface area contributed by atoms with Gasteiger partial charge in [0.2, 0.25) is 0 Å². The number of carboxylic acids is 1. The van der Waals surface area contributed by atoms with Crippen LogP contribution >= 0.6 is 0 Å². The standard InChI is InChI=1S/C15H16N2O2/c1-10-13(11(2)17(3)16-10)9-14(15(18)19)12-7-5-4-6-8-12/h4-9H,1-3H3,(H,18,19)/b14-9-. The van der Waals surface area contributed by atoms with Gasteiger partial charge in [0.05, 0.1) is 11.3 Å². The average molecular weight is 256 g/mol. The topological polar surface area (TPSA) is 55.1 Å². The summed E-state index contributed by atoms with van der Waals surface area (Å²) in [5, 5.41) is 13.7. The van der Waals surface area contributed by atoms with Gasteiger partial charge in [-0.05, 0) is 25.5 Å². The Morgan fingerprint density at radius 1 is 1.26 bits per heavy atom. The minimum atomic E-state index is -0.936. The first kappa shape index (κ1) is 13.1. The second kappa shape index (κ2) is 5.10. The summed E-state index contributed by atoms with van der Waals surface area (Å²) >= 11 is 0. The molecule has 98 valence electrons. The highest BCUT2D eigenvalue weighted by Gasteiger charge is 2.14. The first-order valence-electron chi connectivity index (χ1n) is 6.01. The predicted octanol–water partition coefficient (Wildman–Crippen LogP) is 2.66. The zero-order chi connectivity index (χ0) is 14.0. The number of hydrogen-bond donors (Lipinski definition) is 1. The fourth-order valence-corrected chi connectivity index (χ4v) is 2.03. The van der Waals surface area contributed by atoms with Crippen molar-refractivity contribution in [2.75, 3.05) is 0 Å². The Bertz CT molecular complexity index is 640. The molecule has 0 aliphatic rings. The third kappa shape index (κ3) is 2.57. The molecule has 0 fully saturated rings. The van der Waals surface area contributed by atoms with E-state index in [2.05, 4.69) is 5.10 Å². The van der Waals surface area contributed by atoms with Crippen molar-refractivity contribution in [2.24, 2.45) is 7.05 Å². The Balaban J connectivity index is 2.57. The van der Waals surface area contributed by atoms with Crippen LogP contribution in [0, 0.1) is 13.8 Å². The first-order chi connectivity index (χ1) is 9.00. The van der Waals surface area contributed by atoms with Crippen LogP contribution in [0.5, 0.6) is 0 Å². The van der Waals surface area contributed by atoms with Gasteiger partial charge >= 0.3 is 5.97 Å². The van der Waals surface area contributed by atoms with Gasteiger partial charge in [-0.1, -0.05) is 30.3 Å². The molecule has 0 unspecified atom stereocenters. The number of nitrogens with zero attached hydrogens (tertiary/aromatic N) is 2. The van der Waals surface area contributed by atoms with E-state index < -0.39 is 5.97 Å². The molecular weight excluding hydrogens is 240 g/mol. The van der Waals surface area contributed by atoms with Crippen molar-refractivity contribution in [3.8, 4) is 0 Å². The van der Waals surface area contributed by atoms with E-state index in [1.807, 2.05) is 39.1 Å². The van der Waals surface area contributed by atoms with Crippen LogP contribution in [0.25, 0.3) is 11.6 Å². The summed E-state index contributed by atoms with van der Waals surface area (Å²) in [6.45, 7) is 3.81. The molecule has 0 saturated heterocycles. The lowest BCUT2D eigenvalue weighted by Crippen LogP contribution is -2.00. The number of benzene rings is 1. The Labute approximate surface area is 112 Å². The van der Waals surface area contributed by atoms with Gasteiger partial charge in [0.25, 0.3) is 0 Å². The molecule has 1 aromatic carbocycles. The number of aromatic nitrogens is 2. The molecule has 0 spiro atoms. The largest absolute Gasteiger partial charge is 0.478 e. The van der Waals surface area contributed by atoms with Crippen LogP contribution in [0.1, 0.15) is 22.5 Å². The summed E-state index contributed by atoms with van der Waals surface area (Å²) in [5.74, 6) is -0.936. The number of aryl methyl sites for hydroxylation is 2. The number of carbonyl (C=O) groups is 1. The Hall–Kier alpha value is -2.36. The van der Waals surface area contributed by atoms with E-state index in [9.17, 15) is 9.90 Å². The number of hydrogen-bond acceptors (Lipinski definition) is 2. The van der Waals surface area contributed by atoms with Gasteiger partial charge in [0, 0.05) is 18.3 Å². The maximum atomic E-state index is 11.4. The first-order valence-corrected chi connectivity index (χ1v) is 6.01. The Morgan fingerprint density at radius 3 is 2.37 bits per heavy atom. The number of carboxylic acid groups (broad SMARTS) is 1. The van der Waals surface area contributed by atoms with Gasteiger partial charge < -0.3 is 5.11 Å². The summed E-state index contributed by atoms with van der Waals surface area (Å²) in [6, 6.07) is 9.11. The van der Waals surface area contributed by atoms with Crippen LogP contribution in [0.2, 0.25) is 0 Å². The quantitative estimate of drug-likeness (QED) is 0.859. The van der Waals surface area contributed by atoms with E-state index in [1.54, 1.807) is 22.9 Å². The van der Waals surface area contributed by atoms with Crippen molar-refractivity contribution in [1.82, 2.24) is 9.78 Å². The molecule has 0 bridgehead atoms. The molecule has 1 heterocycles. The van der Waals surface area contributed by atoms with Gasteiger partial charge in [0.15, 0.2) is 0 Å². The normalized spacial score (nSPS) is 11.6. The predicted molar refractivity (Wildman–Crippen MR) is 74.6 cm³/mol. The summed E-state index contributed by atoms with van der Waals surface area (Å²) < 4.78 is 1.76. The number of aliphatic carboxylic acids is 1. The molecule has 0 radical (unpaired) electrons. The molecule has 2 rings (SSSR count). The van der Waals surface area contributed by atoms with E-state index in [0.29, 0.717) is 5.56 Å². The van der Waals surface area contributed by atoms with Crippen LogP contribution in [-0.4, -0.2) is 20.9 Å². The monoisotopic (exact) mass is 256 g/mol. The highest BCUT2D eigenvalue weighted by molar-refractivity contribution is 6.20. The van der Waals surface area contributed by atoms with Crippen molar-refractivity contribution in [3.05, 3.63) is 52.8 Å². The fourth-order valence-electron chi connectivity index (χ4n) is 2.03. The summed E-state index contributed by atoms with van der Waals surface area (Å²) in [5.41, 5.74) is 3.61. The van der Waals surface area contributed by atoms with Crippen LogP contribution < -0.4 is 0 Å². The van der Waals surface area contributed by atoms with Gasteiger partial charge in [-0.25, -0.2) is 4.79 Å². The van der Waals surface area contributed by atoms with Gasteiger partial charge in [-0.2, -0.15) is 5.10 Å². The van der Waals surface area contributed by atoms with E-state index in [0.717, 1.165) is 17.0 Å². The lowest BCUT2D eigenvalue weighted by atomic mass is 10.0. The van der Waals surface area contributed by atoms with Crippen LogP contribution in [0.15, 0.2) is 30.3 Å². The van der Waals surface area contributed by atoms with Crippen molar-refractivity contribution in [2.45, 2.75) is 13.8 Å². The maximum Gasteiger partial charge on any atom is 0.336 e. The molecule has 2 aromatic rings. The third-order valence-corrected chi connectivity index (χ3v) is 3.17. The van der Waals surface area contributed by atoms with Crippen LogP contribution in [-0.2, 0) is 11.8 Å². The summed E-state index contributed by atoms with van der Waals surface area (Å²) in [6.07, 6.45) is 1.69. The molecule has 1 aromatic heterocycles. The molecule has 0 aliphatic carbocycles. The highest BCUT2D eigenvalue weighted by Crippen LogP contribution is 2.22. The Kier molecular flexibility index (Phi) is 3.51. The maximum absolute atomic E-state index is 11.4. The lowest BCUT2D eigenvalue weighted by Gasteiger charge is -2.03. The van der Waals surface area contributed by atoms with Gasteiger partial charge in [-0.3, -0.25) is 4.68 Å². The fraction of sp³-hybridized carbons (Fsp3) is 0.200. The summed E-state index contributed by atoms with van der Waals surface area (Å²) in [7, 11) is 1.85. The van der Waals surface area contributed by atoms with Crippen molar-refractivity contribution < 1.29 is 9.90 Å². The molecular formula is C15H16N2O2. The number of rotatable bonds is 3. The molecule has 0 saturated carbocycles. The Morgan fingerprint density at radius 2 is 1.89 bits per heavy atom. The minimum Gasteiger partial charge on any atom is -0.478 e. The molecule has 4 heteroatoms. The molecule has 19 heavy (non-hydrogen) atoms. The van der Waals surface area contributed by atoms with Crippen molar-refractivity contribution in [1.29, 1.82) is 0 Å². The SMILES string of the molecule is Cc1nn(C)c(C)c1/C=C(\C(=O)O)c1ccccc1. The van der Waals surface area contributed by atoms with E-state index >= 15 is 0 Å². The molecule has 0 amide bonds. The van der Waals surface area contributed by atoms with Crippen LogP contribution in [0.4, 0.5) is 0 Å². The van der Waals surface area contributed by atoms with Crippen LogP contribution in [0.3, 0.4) is 0 Å². The van der Waals surface area contributed by atoms with Gasteiger partial charge in [0.1, 0.15) is 0 Å². The molecule has 1 N–H and O–H groups in total. The minimum absolute atomic E-state index is 0.278. The zero-order valence-corrected chi connectivity index (χ0v) is 11.2. The smallest absolute Gasteiger partial charge is 0.336 e.